The summed E-state index contributed by atoms with van der Waals surface area (Å²) in [6.45, 7) is 10.1. The zero-order chi connectivity index (χ0) is 17.7. The third-order valence-corrected chi connectivity index (χ3v) is 4.92. The number of rotatable bonds is 17. The topological polar surface area (TPSA) is 0 Å². The van der Waals surface area contributed by atoms with Crippen LogP contribution in [-0.4, -0.2) is 0 Å². The second kappa shape index (κ2) is 20.6. The van der Waals surface area contributed by atoms with Gasteiger partial charge in [0.2, 0.25) is 0 Å². The van der Waals surface area contributed by atoms with E-state index >= 15 is 0 Å². The lowest BCUT2D eigenvalue weighted by Gasteiger charge is -2.16. The van der Waals surface area contributed by atoms with Crippen molar-refractivity contribution in [3.8, 4) is 11.8 Å². The van der Waals surface area contributed by atoms with Crippen LogP contribution in [0.15, 0.2) is 0 Å². The van der Waals surface area contributed by atoms with Crippen LogP contribution in [0.1, 0.15) is 122 Å². The molecule has 0 nitrogen and oxygen atoms in total. The lowest BCUT2D eigenvalue weighted by atomic mass is 9.90. The highest BCUT2D eigenvalue weighted by Gasteiger charge is 2.07. The van der Waals surface area contributed by atoms with Crippen molar-refractivity contribution in [1.29, 1.82) is 0 Å². The zero-order valence-electron chi connectivity index (χ0n) is 16.7. The van der Waals surface area contributed by atoms with Crippen molar-refractivity contribution < 1.29 is 0 Å². The van der Waals surface area contributed by atoms with E-state index in [-0.39, 0.29) is 0 Å². The van der Waals surface area contributed by atoms with E-state index in [2.05, 4.69) is 32.6 Å². The summed E-state index contributed by atoms with van der Waals surface area (Å²) in [5, 5.41) is 0. The minimum atomic E-state index is 0.976. The molecule has 0 N–H and O–H groups in total. The number of unbranched alkanes of at least 4 members (excludes halogenated alkanes) is 11. The number of hydrogen-bond donors (Lipinski definition) is 0. The Bertz CT molecular complexity index is 280. The summed E-state index contributed by atoms with van der Waals surface area (Å²) >= 11 is 0. The second-order valence-electron chi connectivity index (χ2n) is 7.33. The minimum Gasteiger partial charge on any atom is -0.103 e. The van der Waals surface area contributed by atoms with Gasteiger partial charge in [-0.15, -0.1) is 11.8 Å². The summed E-state index contributed by atoms with van der Waals surface area (Å²) in [7, 11) is 0. The standard InChI is InChI=1S/C24H44/c1-4-7-10-12-14-16-18-20-23-24(21-9-6-3)22-19-17-15-13-11-8-5-2/h24H,1-2,4-11,13,15-23H2,3H3. The van der Waals surface area contributed by atoms with E-state index in [4.69, 9.17) is 0 Å². The molecular weight excluding hydrogens is 288 g/mol. The van der Waals surface area contributed by atoms with Crippen LogP contribution in [0.2, 0.25) is 0 Å². The predicted molar refractivity (Wildman–Crippen MR) is 111 cm³/mol. The molecule has 0 aromatic rings. The Morgan fingerprint density at radius 3 is 1.71 bits per heavy atom. The summed E-state index contributed by atoms with van der Waals surface area (Å²) in [5.74, 6) is 7.58. The molecule has 0 heterocycles. The Morgan fingerprint density at radius 2 is 1.08 bits per heavy atom. The van der Waals surface area contributed by atoms with Crippen molar-refractivity contribution in [2.75, 3.05) is 0 Å². The van der Waals surface area contributed by atoms with Gasteiger partial charge in [0, 0.05) is 12.8 Å². The van der Waals surface area contributed by atoms with Crippen LogP contribution < -0.4 is 0 Å². The molecule has 0 aliphatic carbocycles. The molecular formula is C24H44. The molecule has 0 saturated carbocycles. The molecule has 24 heavy (non-hydrogen) atoms. The first-order valence-electron chi connectivity index (χ1n) is 10.9. The lowest BCUT2D eigenvalue weighted by molar-refractivity contribution is 0.374. The van der Waals surface area contributed by atoms with E-state index < -0.39 is 0 Å². The van der Waals surface area contributed by atoms with Gasteiger partial charge in [0.1, 0.15) is 0 Å². The van der Waals surface area contributed by atoms with Gasteiger partial charge in [-0.2, -0.15) is 0 Å². The average Bonchev–Trinajstić information content (AvgIpc) is 2.60. The molecule has 0 aromatic carbocycles. The third-order valence-electron chi connectivity index (χ3n) is 4.92. The van der Waals surface area contributed by atoms with Crippen LogP contribution in [0.5, 0.6) is 0 Å². The van der Waals surface area contributed by atoms with E-state index in [9.17, 15) is 0 Å². The third kappa shape index (κ3) is 17.9. The summed E-state index contributed by atoms with van der Waals surface area (Å²) in [4.78, 5) is 0. The van der Waals surface area contributed by atoms with E-state index in [0.717, 1.165) is 38.0 Å². The van der Waals surface area contributed by atoms with Gasteiger partial charge in [-0.1, -0.05) is 111 Å². The van der Waals surface area contributed by atoms with E-state index in [1.165, 1.54) is 83.5 Å². The van der Waals surface area contributed by atoms with E-state index in [1.54, 1.807) is 0 Å². The van der Waals surface area contributed by atoms with Gasteiger partial charge < -0.3 is 0 Å². The average molecular weight is 333 g/mol. The highest BCUT2D eigenvalue weighted by atomic mass is 14.1. The van der Waals surface area contributed by atoms with Crippen LogP contribution in [-0.2, 0) is 0 Å². The molecule has 0 amide bonds. The maximum atomic E-state index is 3.92. The Kier molecular flexibility index (Phi) is 20.2. The molecule has 0 aliphatic heterocycles. The fraction of sp³-hybridized carbons (Fsp3) is 0.833. The SMILES string of the molecule is [CH2]CCCC#CCCCCC(CCCC)CCCCCCCC[CH2]. The van der Waals surface area contributed by atoms with Crippen molar-refractivity contribution in [2.45, 2.75) is 122 Å². The first kappa shape index (κ1) is 23.6. The molecule has 0 aliphatic rings. The van der Waals surface area contributed by atoms with E-state index in [1.807, 2.05) is 0 Å². The van der Waals surface area contributed by atoms with Gasteiger partial charge in [-0.3, -0.25) is 0 Å². The molecule has 0 bridgehead atoms. The fourth-order valence-corrected chi connectivity index (χ4v) is 3.28. The quantitative estimate of drug-likeness (QED) is 0.185. The summed E-state index contributed by atoms with van der Waals surface area (Å²) in [5.41, 5.74) is 0. The number of hydrogen-bond acceptors (Lipinski definition) is 0. The Balaban J connectivity index is 3.66. The molecule has 1 atom stereocenters. The maximum absolute atomic E-state index is 3.92. The second-order valence-corrected chi connectivity index (χ2v) is 7.33. The normalized spacial score (nSPS) is 12.0. The molecule has 2 radical (unpaired) electrons. The van der Waals surface area contributed by atoms with Crippen molar-refractivity contribution in [3.05, 3.63) is 13.8 Å². The van der Waals surface area contributed by atoms with Gasteiger partial charge in [-0.25, -0.2) is 0 Å². The molecule has 0 saturated heterocycles. The fourth-order valence-electron chi connectivity index (χ4n) is 3.28. The van der Waals surface area contributed by atoms with Crippen LogP contribution in [0.4, 0.5) is 0 Å². The summed E-state index contributed by atoms with van der Waals surface area (Å²) in [6, 6.07) is 0. The van der Waals surface area contributed by atoms with Crippen molar-refractivity contribution in [2.24, 2.45) is 5.92 Å². The van der Waals surface area contributed by atoms with E-state index in [0.29, 0.717) is 0 Å². The van der Waals surface area contributed by atoms with Gasteiger partial charge in [0.25, 0.3) is 0 Å². The molecule has 0 spiro atoms. The van der Waals surface area contributed by atoms with Gasteiger partial charge >= 0.3 is 0 Å². The maximum Gasteiger partial charge on any atom is 0.00886 e. The first-order valence-corrected chi connectivity index (χ1v) is 10.9. The first-order chi connectivity index (χ1) is 11.8. The van der Waals surface area contributed by atoms with Crippen molar-refractivity contribution in [3.63, 3.8) is 0 Å². The molecule has 0 fully saturated rings. The molecule has 1 unspecified atom stereocenters. The van der Waals surface area contributed by atoms with Crippen LogP contribution in [0, 0.1) is 31.6 Å². The van der Waals surface area contributed by atoms with Crippen molar-refractivity contribution in [1.82, 2.24) is 0 Å². The monoisotopic (exact) mass is 332 g/mol. The highest BCUT2D eigenvalue weighted by Crippen LogP contribution is 2.23. The molecule has 0 aromatic heterocycles. The Morgan fingerprint density at radius 1 is 0.583 bits per heavy atom. The predicted octanol–water partition coefficient (Wildman–Crippen LogP) is 8.32. The van der Waals surface area contributed by atoms with Crippen LogP contribution >= 0.6 is 0 Å². The van der Waals surface area contributed by atoms with Crippen molar-refractivity contribution >= 4 is 0 Å². The molecule has 0 rings (SSSR count). The smallest absolute Gasteiger partial charge is 0.00886 e. The Hall–Kier alpha value is -0.440. The van der Waals surface area contributed by atoms with Gasteiger partial charge in [0.05, 0.1) is 0 Å². The van der Waals surface area contributed by atoms with Gasteiger partial charge in [0.15, 0.2) is 0 Å². The summed E-state index contributed by atoms with van der Waals surface area (Å²) in [6.07, 6.45) is 23.7. The molecule has 0 heteroatoms. The lowest BCUT2D eigenvalue weighted by Crippen LogP contribution is -2.01. The Labute approximate surface area is 154 Å². The van der Waals surface area contributed by atoms with Gasteiger partial charge in [-0.05, 0) is 18.8 Å². The van der Waals surface area contributed by atoms with Crippen LogP contribution in [0.3, 0.4) is 0 Å². The summed E-state index contributed by atoms with van der Waals surface area (Å²) < 4.78 is 0. The zero-order valence-corrected chi connectivity index (χ0v) is 16.7. The largest absolute Gasteiger partial charge is 0.103 e. The minimum absolute atomic E-state index is 0.976. The molecule has 140 valence electrons. The van der Waals surface area contributed by atoms with Crippen LogP contribution in [0.25, 0.3) is 0 Å². The highest BCUT2D eigenvalue weighted by molar-refractivity contribution is 4.98.